The van der Waals surface area contributed by atoms with Gasteiger partial charge in [-0.25, -0.2) is 8.42 Å². The topological polar surface area (TPSA) is 73.0 Å². The van der Waals surface area contributed by atoms with E-state index in [1.54, 1.807) is 24.3 Å². The molecule has 4 rings (SSSR count). The van der Waals surface area contributed by atoms with Gasteiger partial charge in [0.1, 0.15) is 0 Å². The summed E-state index contributed by atoms with van der Waals surface area (Å²) >= 11 is 6.20. The molecule has 2 aromatic carbocycles. The second-order valence-corrected chi connectivity index (χ2v) is 10.4. The zero-order chi connectivity index (χ0) is 22.0. The number of sulfonamides is 1. The average molecular weight is 463 g/mol. The molecule has 166 valence electrons. The molecule has 0 spiro atoms. The number of nitrogens with zero attached hydrogens (tertiary/aromatic N) is 3. The van der Waals surface area contributed by atoms with Gasteiger partial charge in [0.15, 0.2) is 0 Å². The van der Waals surface area contributed by atoms with Crippen LogP contribution in [-0.2, 0) is 10.0 Å². The van der Waals surface area contributed by atoms with Gasteiger partial charge in [-0.1, -0.05) is 17.7 Å². The van der Waals surface area contributed by atoms with Gasteiger partial charge < -0.3 is 15.1 Å². The third-order valence-electron chi connectivity index (χ3n) is 5.85. The summed E-state index contributed by atoms with van der Waals surface area (Å²) in [6.45, 7) is 4.62. The van der Waals surface area contributed by atoms with Crippen LogP contribution < -0.4 is 10.2 Å². The number of rotatable bonds is 5. The standard InChI is InChI=1S/C22H27ClN4O3S/c1-25-11-13-26(14-12-25)21-8-7-18(23)16-20(21)24-22(28)17-5-4-6-19(15-17)31(29,30)27-9-2-3-10-27/h4-8,15-16H,2-3,9-14H2,1H3,(H,24,28). The number of nitrogens with one attached hydrogen (secondary N) is 1. The number of benzene rings is 2. The van der Waals surface area contributed by atoms with Crippen LogP contribution in [0.2, 0.25) is 5.02 Å². The van der Waals surface area contributed by atoms with E-state index in [1.165, 1.54) is 10.4 Å². The molecule has 9 heteroatoms. The minimum atomic E-state index is -3.59. The number of anilines is 2. The number of hydrogen-bond donors (Lipinski definition) is 1. The van der Waals surface area contributed by atoms with Crippen LogP contribution in [0.1, 0.15) is 23.2 Å². The van der Waals surface area contributed by atoms with Crippen LogP contribution in [0.4, 0.5) is 11.4 Å². The molecule has 7 nitrogen and oxygen atoms in total. The Hall–Kier alpha value is -2.13. The van der Waals surface area contributed by atoms with E-state index in [-0.39, 0.29) is 10.8 Å². The Kier molecular flexibility index (Phi) is 6.52. The Labute approximate surface area is 188 Å². The largest absolute Gasteiger partial charge is 0.367 e. The van der Waals surface area contributed by atoms with Crippen LogP contribution in [0.3, 0.4) is 0 Å². The van der Waals surface area contributed by atoms with Crippen LogP contribution >= 0.6 is 11.6 Å². The monoisotopic (exact) mass is 462 g/mol. The van der Waals surface area contributed by atoms with Crippen molar-refractivity contribution in [1.82, 2.24) is 9.21 Å². The van der Waals surface area contributed by atoms with Gasteiger partial charge in [0.05, 0.1) is 16.3 Å². The van der Waals surface area contributed by atoms with Crippen LogP contribution in [0.15, 0.2) is 47.4 Å². The molecule has 2 saturated heterocycles. The summed E-state index contributed by atoms with van der Waals surface area (Å²) in [5.41, 5.74) is 1.83. The van der Waals surface area contributed by atoms with E-state index < -0.39 is 10.0 Å². The number of hydrogen-bond acceptors (Lipinski definition) is 5. The van der Waals surface area contributed by atoms with Crippen LogP contribution in [0.25, 0.3) is 0 Å². The van der Waals surface area contributed by atoms with Crippen molar-refractivity contribution in [2.45, 2.75) is 17.7 Å². The van der Waals surface area contributed by atoms with E-state index >= 15 is 0 Å². The van der Waals surface area contributed by atoms with E-state index in [9.17, 15) is 13.2 Å². The molecule has 2 aromatic rings. The Morgan fingerprint density at radius 1 is 0.968 bits per heavy atom. The van der Waals surface area contributed by atoms with E-state index in [4.69, 9.17) is 11.6 Å². The summed E-state index contributed by atoms with van der Waals surface area (Å²) in [5.74, 6) is -0.365. The summed E-state index contributed by atoms with van der Waals surface area (Å²) < 4.78 is 27.2. The van der Waals surface area contributed by atoms with Crippen molar-refractivity contribution in [1.29, 1.82) is 0 Å². The molecule has 2 fully saturated rings. The molecule has 0 radical (unpaired) electrons. The lowest BCUT2D eigenvalue weighted by Gasteiger charge is -2.35. The Morgan fingerprint density at radius 2 is 1.68 bits per heavy atom. The number of piperazine rings is 1. The molecule has 0 aromatic heterocycles. The second kappa shape index (κ2) is 9.16. The molecule has 1 N–H and O–H groups in total. The highest BCUT2D eigenvalue weighted by molar-refractivity contribution is 7.89. The van der Waals surface area contributed by atoms with Crippen molar-refractivity contribution < 1.29 is 13.2 Å². The lowest BCUT2D eigenvalue weighted by Crippen LogP contribution is -2.44. The highest BCUT2D eigenvalue weighted by atomic mass is 35.5. The van der Waals surface area contributed by atoms with Gasteiger partial charge in [-0.15, -0.1) is 0 Å². The van der Waals surface area contributed by atoms with E-state index in [1.807, 2.05) is 12.1 Å². The molecular formula is C22H27ClN4O3S. The molecular weight excluding hydrogens is 436 g/mol. The maximum atomic E-state index is 13.0. The van der Waals surface area contributed by atoms with Gasteiger partial charge >= 0.3 is 0 Å². The van der Waals surface area contributed by atoms with Gasteiger partial charge in [-0.3, -0.25) is 4.79 Å². The first-order valence-corrected chi connectivity index (χ1v) is 12.3. The van der Waals surface area contributed by atoms with E-state index in [0.717, 1.165) is 44.7 Å². The van der Waals surface area contributed by atoms with Gasteiger partial charge in [-0.2, -0.15) is 4.31 Å². The van der Waals surface area contributed by atoms with Crippen molar-refractivity contribution in [2.24, 2.45) is 0 Å². The Bertz CT molecular complexity index is 1060. The molecule has 0 aliphatic carbocycles. The number of carbonyl (C=O) groups is 1. The molecule has 0 atom stereocenters. The first kappa shape index (κ1) is 22.1. The van der Waals surface area contributed by atoms with E-state index in [2.05, 4.69) is 22.2 Å². The lowest BCUT2D eigenvalue weighted by atomic mass is 10.1. The van der Waals surface area contributed by atoms with Gasteiger partial charge in [0.2, 0.25) is 10.0 Å². The third-order valence-corrected chi connectivity index (χ3v) is 7.98. The van der Waals surface area contributed by atoms with Crippen LogP contribution in [0, 0.1) is 0 Å². The molecule has 2 aliphatic heterocycles. The third kappa shape index (κ3) is 4.87. The van der Waals surface area contributed by atoms with Crippen LogP contribution in [-0.4, -0.2) is 69.8 Å². The van der Waals surface area contributed by atoms with Gasteiger partial charge in [0, 0.05) is 49.9 Å². The Morgan fingerprint density at radius 3 is 2.39 bits per heavy atom. The summed E-state index contributed by atoms with van der Waals surface area (Å²) in [6, 6.07) is 11.7. The molecule has 0 saturated carbocycles. The predicted molar refractivity (Wildman–Crippen MR) is 124 cm³/mol. The normalized spacial score (nSPS) is 18.3. The summed E-state index contributed by atoms with van der Waals surface area (Å²) in [4.78, 5) is 17.7. The second-order valence-electron chi connectivity index (χ2n) is 8.04. The zero-order valence-electron chi connectivity index (χ0n) is 17.6. The number of carbonyl (C=O) groups excluding carboxylic acids is 1. The number of halogens is 1. The zero-order valence-corrected chi connectivity index (χ0v) is 19.1. The fraction of sp³-hybridized carbons (Fsp3) is 0.409. The summed E-state index contributed by atoms with van der Waals surface area (Å²) in [7, 11) is -1.50. The molecule has 0 bridgehead atoms. The quantitative estimate of drug-likeness (QED) is 0.739. The fourth-order valence-corrected chi connectivity index (χ4v) is 5.74. The number of likely N-dealkylation sites (N-methyl/N-ethyl adjacent to an activating group) is 1. The van der Waals surface area contributed by atoms with Gasteiger partial charge in [-0.05, 0) is 56.3 Å². The summed E-state index contributed by atoms with van der Waals surface area (Å²) in [6.07, 6.45) is 1.73. The minimum Gasteiger partial charge on any atom is -0.367 e. The van der Waals surface area contributed by atoms with Crippen molar-refractivity contribution in [3.05, 3.63) is 53.1 Å². The smallest absolute Gasteiger partial charge is 0.255 e. The maximum Gasteiger partial charge on any atom is 0.255 e. The molecule has 31 heavy (non-hydrogen) atoms. The van der Waals surface area contributed by atoms with Crippen molar-refractivity contribution >= 4 is 38.9 Å². The molecule has 0 unspecified atom stereocenters. The van der Waals surface area contributed by atoms with Crippen molar-refractivity contribution in [2.75, 3.05) is 56.5 Å². The highest BCUT2D eigenvalue weighted by Gasteiger charge is 2.28. The lowest BCUT2D eigenvalue weighted by molar-refractivity contribution is 0.102. The van der Waals surface area contributed by atoms with Gasteiger partial charge in [0.25, 0.3) is 5.91 Å². The fourth-order valence-electron chi connectivity index (χ4n) is 4.00. The minimum absolute atomic E-state index is 0.146. The first-order chi connectivity index (χ1) is 14.8. The Balaban J connectivity index is 1.57. The summed E-state index contributed by atoms with van der Waals surface area (Å²) in [5, 5.41) is 3.46. The molecule has 2 heterocycles. The average Bonchev–Trinajstić information content (AvgIpc) is 3.31. The van der Waals surface area contributed by atoms with Crippen molar-refractivity contribution in [3.8, 4) is 0 Å². The highest BCUT2D eigenvalue weighted by Crippen LogP contribution is 2.31. The molecule has 2 aliphatic rings. The predicted octanol–water partition coefficient (Wildman–Crippen LogP) is 3.13. The van der Waals surface area contributed by atoms with Crippen LogP contribution in [0.5, 0.6) is 0 Å². The maximum absolute atomic E-state index is 13.0. The number of amides is 1. The SMILES string of the molecule is CN1CCN(c2ccc(Cl)cc2NC(=O)c2cccc(S(=O)(=O)N3CCCC3)c2)CC1. The molecule has 1 amide bonds. The van der Waals surface area contributed by atoms with Crippen molar-refractivity contribution in [3.63, 3.8) is 0 Å². The van der Waals surface area contributed by atoms with E-state index in [0.29, 0.717) is 29.4 Å². The first-order valence-electron chi connectivity index (χ1n) is 10.5.